The molecule has 1 unspecified atom stereocenters. The maximum absolute atomic E-state index is 13.7. The molecule has 1 aliphatic rings. The van der Waals surface area contributed by atoms with Gasteiger partial charge in [-0.05, 0) is 56.2 Å². The summed E-state index contributed by atoms with van der Waals surface area (Å²) >= 11 is 5.84. The molecule has 1 N–H and O–H groups in total. The van der Waals surface area contributed by atoms with Gasteiger partial charge in [0.05, 0.1) is 5.56 Å². The molecule has 0 bridgehead atoms. The molecule has 154 valence electrons. The number of hydrogen-bond donors (Lipinski definition) is 1. The number of halogens is 3. The van der Waals surface area contributed by atoms with Crippen molar-refractivity contribution in [3.8, 4) is 5.75 Å². The Bertz CT molecular complexity index is 884. The predicted molar refractivity (Wildman–Crippen MR) is 105 cm³/mol. The summed E-state index contributed by atoms with van der Waals surface area (Å²) < 4.78 is 32.4. The van der Waals surface area contributed by atoms with Gasteiger partial charge in [-0.1, -0.05) is 11.6 Å². The first-order valence-corrected chi connectivity index (χ1v) is 9.68. The predicted octanol–water partition coefficient (Wildman–Crippen LogP) is 3.81. The van der Waals surface area contributed by atoms with Crippen molar-refractivity contribution in [3.05, 3.63) is 64.7 Å². The van der Waals surface area contributed by atoms with Crippen LogP contribution in [0, 0.1) is 11.6 Å². The summed E-state index contributed by atoms with van der Waals surface area (Å²) in [5.74, 6) is -1.82. The van der Waals surface area contributed by atoms with E-state index >= 15 is 0 Å². The molecule has 0 radical (unpaired) electrons. The van der Waals surface area contributed by atoms with Crippen LogP contribution < -0.4 is 10.1 Å². The quantitative estimate of drug-likeness (QED) is 0.797. The molecule has 8 heteroatoms. The number of rotatable bonds is 5. The molecular weight excluding hydrogens is 402 g/mol. The highest BCUT2D eigenvalue weighted by Gasteiger charge is 2.28. The number of nitrogens with zero attached hydrogens (tertiary/aromatic N) is 1. The minimum absolute atomic E-state index is 0.144. The first-order chi connectivity index (χ1) is 13.8. The highest BCUT2D eigenvalue weighted by molar-refractivity contribution is 6.30. The highest BCUT2D eigenvalue weighted by Crippen LogP contribution is 2.19. The lowest BCUT2D eigenvalue weighted by molar-refractivity contribution is -0.139. The Morgan fingerprint density at radius 1 is 1.14 bits per heavy atom. The molecule has 0 aliphatic carbocycles. The molecule has 3 rings (SSSR count). The van der Waals surface area contributed by atoms with Gasteiger partial charge in [0.15, 0.2) is 6.10 Å². The summed E-state index contributed by atoms with van der Waals surface area (Å²) in [7, 11) is 0. The SMILES string of the molecule is CC(Oc1ccc(Cl)cc1)C(=O)N1CCC(NC(=O)c2ccc(F)cc2F)CC1. The van der Waals surface area contributed by atoms with Crippen LogP contribution in [0.5, 0.6) is 5.75 Å². The molecule has 1 aliphatic heterocycles. The molecule has 0 aromatic heterocycles. The first kappa shape index (κ1) is 21.0. The van der Waals surface area contributed by atoms with E-state index in [4.69, 9.17) is 16.3 Å². The summed E-state index contributed by atoms with van der Waals surface area (Å²) in [6.45, 7) is 2.58. The number of likely N-dealkylation sites (tertiary alicyclic amines) is 1. The highest BCUT2D eigenvalue weighted by atomic mass is 35.5. The number of amides is 2. The molecule has 2 aromatic rings. The molecule has 2 amide bonds. The van der Waals surface area contributed by atoms with Gasteiger partial charge < -0.3 is 15.0 Å². The van der Waals surface area contributed by atoms with Crippen LogP contribution in [0.3, 0.4) is 0 Å². The smallest absolute Gasteiger partial charge is 0.263 e. The molecule has 29 heavy (non-hydrogen) atoms. The summed E-state index contributed by atoms with van der Waals surface area (Å²) in [6, 6.07) is 9.42. The number of ether oxygens (including phenoxy) is 1. The topological polar surface area (TPSA) is 58.6 Å². The van der Waals surface area contributed by atoms with Gasteiger partial charge in [0.2, 0.25) is 0 Å². The van der Waals surface area contributed by atoms with E-state index in [1.54, 1.807) is 36.1 Å². The number of piperidine rings is 1. The van der Waals surface area contributed by atoms with Crippen LogP contribution in [0.4, 0.5) is 8.78 Å². The number of carbonyl (C=O) groups is 2. The zero-order valence-electron chi connectivity index (χ0n) is 15.8. The van der Waals surface area contributed by atoms with Gasteiger partial charge in [-0.25, -0.2) is 8.78 Å². The summed E-state index contributed by atoms with van der Waals surface area (Å²) in [6.07, 6.45) is 0.415. The minimum atomic E-state index is -0.900. The molecule has 1 atom stereocenters. The minimum Gasteiger partial charge on any atom is -0.481 e. The van der Waals surface area contributed by atoms with Crippen molar-refractivity contribution in [1.29, 1.82) is 0 Å². The van der Waals surface area contributed by atoms with Gasteiger partial charge in [-0.15, -0.1) is 0 Å². The third kappa shape index (κ3) is 5.44. The second kappa shape index (κ2) is 9.22. The standard InChI is InChI=1S/C21H21ClF2N2O3/c1-13(29-17-5-2-14(22)3-6-17)21(28)26-10-8-16(9-11-26)25-20(27)18-7-4-15(23)12-19(18)24/h2-7,12-13,16H,8-11H2,1H3,(H,25,27). The fourth-order valence-electron chi connectivity index (χ4n) is 3.21. The largest absolute Gasteiger partial charge is 0.481 e. The Morgan fingerprint density at radius 3 is 2.41 bits per heavy atom. The Kier molecular flexibility index (Phi) is 6.69. The number of carbonyl (C=O) groups excluding carboxylic acids is 2. The fourth-order valence-corrected chi connectivity index (χ4v) is 3.33. The van der Waals surface area contributed by atoms with Crippen molar-refractivity contribution in [2.24, 2.45) is 0 Å². The summed E-state index contributed by atoms with van der Waals surface area (Å²) in [5, 5.41) is 3.33. The van der Waals surface area contributed by atoms with Crippen LogP contribution >= 0.6 is 11.6 Å². The fraction of sp³-hybridized carbons (Fsp3) is 0.333. The average Bonchev–Trinajstić information content (AvgIpc) is 2.69. The van der Waals surface area contributed by atoms with E-state index in [1.165, 1.54) is 0 Å². The Hall–Kier alpha value is -2.67. The van der Waals surface area contributed by atoms with Crippen LogP contribution in [-0.2, 0) is 4.79 Å². The Morgan fingerprint density at radius 2 is 1.79 bits per heavy atom. The molecule has 0 saturated carbocycles. The van der Waals surface area contributed by atoms with Crippen molar-refractivity contribution in [1.82, 2.24) is 10.2 Å². The summed E-state index contributed by atoms with van der Waals surface area (Å²) in [5.41, 5.74) is -0.199. The molecule has 1 heterocycles. The van der Waals surface area contributed by atoms with Gasteiger partial charge in [0.1, 0.15) is 17.4 Å². The van der Waals surface area contributed by atoms with Crippen molar-refractivity contribution in [2.75, 3.05) is 13.1 Å². The van der Waals surface area contributed by atoms with Crippen LogP contribution in [0.1, 0.15) is 30.1 Å². The Balaban J connectivity index is 1.49. The monoisotopic (exact) mass is 422 g/mol. The molecule has 1 fully saturated rings. The first-order valence-electron chi connectivity index (χ1n) is 9.30. The second-order valence-corrected chi connectivity index (χ2v) is 7.35. The molecular formula is C21H21ClF2N2O3. The number of hydrogen-bond acceptors (Lipinski definition) is 3. The molecule has 0 spiro atoms. The lowest BCUT2D eigenvalue weighted by atomic mass is 10.0. The van der Waals surface area contributed by atoms with Crippen molar-refractivity contribution in [2.45, 2.75) is 31.9 Å². The molecule has 5 nitrogen and oxygen atoms in total. The second-order valence-electron chi connectivity index (χ2n) is 6.91. The van der Waals surface area contributed by atoms with Crippen molar-refractivity contribution >= 4 is 23.4 Å². The van der Waals surface area contributed by atoms with Crippen LogP contribution in [0.25, 0.3) is 0 Å². The van der Waals surface area contributed by atoms with E-state index in [0.717, 1.165) is 12.1 Å². The average molecular weight is 423 g/mol. The van der Waals surface area contributed by atoms with E-state index in [1.807, 2.05) is 0 Å². The van der Waals surface area contributed by atoms with E-state index in [2.05, 4.69) is 5.32 Å². The normalized spacial score (nSPS) is 15.7. The van der Waals surface area contributed by atoms with Gasteiger partial charge in [0.25, 0.3) is 11.8 Å². The van der Waals surface area contributed by atoms with Crippen molar-refractivity contribution in [3.63, 3.8) is 0 Å². The molecule has 2 aromatic carbocycles. The van der Waals surface area contributed by atoms with Crippen LogP contribution in [0.15, 0.2) is 42.5 Å². The van der Waals surface area contributed by atoms with E-state index in [0.29, 0.717) is 42.8 Å². The van der Waals surface area contributed by atoms with E-state index in [-0.39, 0.29) is 17.5 Å². The lowest BCUT2D eigenvalue weighted by Crippen LogP contribution is -2.49. The van der Waals surface area contributed by atoms with Crippen LogP contribution in [-0.4, -0.2) is 41.9 Å². The Labute approximate surface area is 172 Å². The third-order valence-electron chi connectivity index (χ3n) is 4.79. The lowest BCUT2D eigenvalue weighted by Gasteiger charge is -2.33. The maximum Gasteiger partial charge on any atom is 0.263 e. The third-order valence-corrected chi connectivity index (χ3v) is 5.04. The molecule has 1 saturated heterocycles. The zero-order valence-corrected chi connectivity index (χ0v) is 16.6. The maximum atomic E-state index is 13.7. The number of benzene rings is 2. The van der Waals surface area contributed by atoms with Crippen LogP contribution in [0.2, 0.25) is 5.02 Å². The summed E-state index contributed by atoms with van der Waals surface area (Å²) in [4.78, 5) is 26.5. The van der Waals surface area contributed by atoms with Gasteiger partial charge in [-0.2, -0.15) is 0 Å². The van der Waals surface area contributed by atoms with Gasteiger partial charge in [-0.3, -0.25) is 9.59 Å². The van der Waals surface area contributed by atoms with Gasteiger partial charge in [0, 0.05) is 30.2 Å². The van der Waals surface area contributed by atoms with Crippen molar-refractivity contribution < 1.29 is 23.1 Å². The van der Waals surface area contributed by atoms with Gasteiger partial charge >= 0.3 is 0 Å². The van der Waals surface area contributed by atoms with E-state index in [9.17, 15) is 18.4 Å². The van der Waals surface area contributed by atoms with E-state index < -0.39 is 23.6 Å². The number of nitrogens with one attached hydrogen (secondary N) is 1. The zero-order chi connectivity index (χ0) is 21.0.